The van der Waals surface area contributed by atoms with Crippen molar-refractivity contribution in [2.75, 3.05) is 11.4 Å². The van der Waals surface area contributed by atoms with Gasteiger partial charge in [-0.2, -0.15) is 0 Å². The van der Waals surface area contributed by atoms with E-state index in [0.717, 1.165) is 12.8 Å². The highest BCUT2D eigenvalue weighted by Gasteiger charge is 2.30. The van der Waals surface area contributed by atoms with Gasteiger partial charge in [0.1, 0.15) is 11.5 Å². The van der Waals surface area contributed by atoms with E-state index in [1.165, 1.54) is 34.4 Å². The van der Waals surface area contributed by atoms with Gasteiger partial charge in [0.15, 0.2) is 0 Å². The third kappa shape index (κ3) is 3.73. The summed E-state index contributed by atoms with van der Waals surface area (Å²) in [6, 6.07) is 13.0. The Morgan fingerprint density at radius 3 is 2.89 bits per heavy atom. The molecular weight excluding hydrogens is 365 g/mol. The lowest BCUT2D eigenvalue weighted by Gasteiger charge is -2.32. The molecule has 0 unspecified atom stereocenters. The monoisotopic (exact) mass is 383 g/mol. The molecule has 3 aromatic rings. The Hall–Kier alpha value is -2.67. The second-order valence-electron chi connectivity index (χ2n) is 6.43. The van der Waals surface area contributed by atoms with Crippen molar-refractivity contribution in [2.24, 2.45) is 0 Å². The molecule has 138 valence electrons. The Morgan fingerprint density at radius 1 is 1.15 bits per heavy atom. The molecule has 1 aliphatic heterocycles. The first kappa shape index (κ1) is 17.7. The Kier molecular flexibility index (Phi) is 4.94. The summed E-state index contributed by atoms with van der Waals surface area (Å²) in [5, 5.41) is -0.224. The SMILES string of the molecule is O=C1[C@H](SCc2cc(=O)n3ccccc3n2)CCCN1c1cccc(F)c1. The van der Waals surface area contributed by atoms with Crippen LogP contribution in [0.1, 0.15) is 18.5 Å². The van der Waals surface area contributed by atoms with Crippen molar-refractivity contribution in [1.29, 1.82) is 0 Å². The Balaban J connectivity index is 1.49. The van der Waals surface area contributed by atoms with Gasteiger partial charge in [0.25, 0.3) is 5.56 Å². The molecule has 3 heterocycles. The summed E-state index contributed by atoms with van der Waals surface area (Å²) in [5.41, 5.74) is 1.71. The highest BCUT2D eigenvalue weighted by Crippen LogP contribution is 2.29. The minimum Gasteiger partial charge on any atom is -0.311 e. The molecule has 1 aliphatic rings. The van der Waals surface area contributed by atoms with Gasteiger partial charge in [0, 0.05) is 30.2 Å². The maximum Gasteiger partial charge on any atom is 0.258 e. The number of fused-ring (bicyclic) bond motifs is 1. The van der Waals surface area contributed by atoms with E-state index in [9.17, 15) is 14.0 Å². The van der Waals surface area contributed by atoms with E-state index in [4.69, 9.17) is 0 Å². The van der Waals surface area contributed by atoms with E-state index in [1.54, 1.807) is 35.4 Å². The zero-order chi connectivity index (χ0) is 18.8. The molecule has 1 saturated heterocycles. The highest BCUT2D eigenvalue weighted by molar-refractivity contribution is 7.99. The van der Waals surface area contributed by atoms with Gasteiger partial charge in [-0.1, -0.05) is 12.1 Å². The summed E-state index contributed by atoms with van der Waals surface area (Å²) < 4.78 is 15.0. The molecule has 0 N–H and O–H groups in total. The first-order chi connectivity index (χ1) is 13.1. The van der Waals surface area contributed by atoms with Crippen LogP contribution in [0.5, 0.6) is 0 Å². The van der Waals surface area contributed by atoms with Crippen LogP contribution in [0.15, 0.2) is 59.5 Å². The minimum atomic E-state index is -0.351. The van der Waals surface area contributed by atoms with Gasteiger partial charge >= 0.3 is 0 Å². The Morgan fingerprint density at radius 2 is 2.04 bits per heavy atom. The average molecular weight is 383 g/mol. The summed E-state index contributed by atoms with van der Waals surface area (Å²) in [5.74, 6) is 0.110. The predicted octanol–water partition coefficient (Wildman–Crippen LogP) is 3.26. The van der Waals surface area contributed by atoms with E-state index >= 15 is 0 Å². The van der Waals surface area contributed by atoms with Crippen molar-refractivity contribution in [3.05, 3.63) is 76.6 Å². The number of benzene rings is 1. The zero-order valence-electron chi connectivity index (χ0n) is 14.5. The standard InChI is InChI=1S/C20H18FN3O2S/c21-14-5-3-6-16(11-14)23-10-4-7-17(20(23)26)27-13-15-12-19(25)24-9-2-1-8-18(24)22-15/h1-3,5-6,8-9,11-12,17H,4,7,10,13H2/t17-/m1/s1. The number of amides is 1. The fourth-order valence-corrected chi connectivity index (χ4v) is 4.38. The van der Waals surface area contributed by atoms with Crippen LogP contribution in [-0.2, 0) is 10.5 Å². The fraction of sp³-hybridized carbons (Fsp3) is 0.250. The van der Waals surface area contributed by atoms with Crippen LogP contribution in [-0.4, -0.2) is 27.1 Å². The molecular formula is C20H18FN3O2S. The predicted molar refractivity (Wildman–Crippen MR) is 105 cm³/mol. The van der Waals surface area contributed by atoms with Gasteiger partial charge in [-0.15, -0.1) is 11.8 Å². The smallest absolute Gasteiger partial charge is 0.258 e. The summed E-state index contributed by atoms with van der Waals surface area (Å²) in [4.78, 5) is 31.2. The van der Waals surface area contributed by atoms with Gasteiger partial charge < -0.3 is 4.90 Å². The van der Waals surface area contributed by atoms with E-state index in [2.05, 4.69) is 4.98 Å². The summed E-state index contributed by atoms with van der Waals surface area (Å²) in [7, 11) is 0. The molecule has 5 nitrogen and oxygen atoms in total. The Labute approximate surface area is 159 Å². The summed E-state index contributed by atoms with van der Waals surface area (Å²) >= 11 is 1.48. The second-order valence-corrected chi connectivity index (χ2v) is 7.62. The molecule has 2 aromatic heterocycles. The van der Waals surface area contributed by atoms with Crippen LogP contribution in [0, 0.1) is 5.82 Å². The lowest BCUT2D eigenvalue weighted by atomic mass is 10.1. The third-order valence-corrected chi connectivity index (χ3v) is 5.87. The molecule has 0 bridgehead atoms. The number of hydrogen-bond acceptors (Lipinski definition) is 4. The van der Waals surface area contributed by atoms with E-state index in [0.29, 0.717) is 29.3 Å². The largest absolute Gasteiger partial charge is 0.311 e. The molecule has 0 aliphatic carbocycles. The summed E-state index contributed by atoms with van der Waals surface area (Å²) in [6.45, 7) is 0.592. The van der Waals surface area contributed by atoms with Crippen molar-refractivity contribution >= 4 is 29.0 Å². The number of aromatic nitrogens is 2. The third-order valence-electron chi connectivity index (χ3n) is 4.57. The number of carbonyl (C=O) groups excluding carboxylic acids is 1. The molecule has 4 rings (SSSR count). The molecule has 0 saturated carbocycles. The number of nitrogens with zero attached hydrogens (tertiary/aromatic N) is 3. The number of halogens is 1. The first-order valence-electron chi connectivity index (χ1n) is 8.78. The van der Waals surface area contributed by atoms with Gasteiger partial charge in [-0.3, -0.25) is 14.0 Å². The molecule has 0 spiro atoms. The number of carbonyl (C=O) groups is 1. The second kappa shape index (κ2) is 7.52. The number of rotatable bonds is 4. The van der Waals surface area contributed by atoms with Crippen LogP contribution in [0.4, 0.5) is 10.1 Å². The summed E-state index contributed by atoms with van der Waals surface area (Å²) in [6.07, 6.45) is 3.30. The van der Waals surface area contributed by atoms with Gasteiger partial charge in [-0.25, -0.2) is 9.37 Å². The Bertz CT molecular complexity index is 1050. The number of pyridine rings is 1. The number of anilines is 1. The first-order valence-corrected chi connectivity index (χ1v) is 9.82. The molecule has 7 heteroatoms. The number of hydrogen-bond donors (Lipinski definition) is 0. The van der Waals surface area contributed by atoms with Gasteiger partial charge in [-0.05, 0) is 43.2 Å². The molecule has 1 fully saturated rings. The normalized spacial score (nSPS) is 17.4. The topological polar surface area (TPSA) is 54.7 Å². The number of piperidine rings is 1. The van der Waals surface area contributed by atoms with Crippen LogP contribution >= 0.6 is 11.8 Å². The quantitative estimate of drug-likeness (QED) is 0.694. The maximum absolute atomic E-state index is 13.5. The molecule has 1 aromatic carbocycles. The molecule has 1 atom stereocenters. The van der Waals surface area contributed by atoms with Crippen LogP contribution in [0.3, 0.4) is 0 Å². The maximum atomic E-state index is 13.5. The zero-order valence-corrected chi connectivity index (χ0v) is 15.4. The van der Waals surface area contributed by atoms with E-state index < -0.39 is 0 Å². The van der Waals surface area contributed by atoms with E-state index in [-0.39, 0.29) is 22.5 Å². The lowest BCUT2D eigenvalue weighted by Crippen LogP contribution is -2.43. The van der Waals surface area contributed by atoms with Crippen LogP contribution in [0.25, 0.3) is 5.65 Å². The fourth-order valence-electron chi connectivity index (χ4n) is 3.26. The van der Waals surface area contributed by atoms with Crippen molar-refractivity contribution in [1.82, 2.24) is 9.38 Å². The van der Waals surface area contributed by atoms with Crippen molar-refractivity contribution in [2.45, 2.75) is 23.8 Å². The van der Waals surface area contributed by atoms with Crippen molar-refractivity contribution < 1.29 is 9.18 Å². The average Bonchev–Trinajstić information content (AvgIpc) is 2.67. The van der Waals surface area contributed by atoms with Gasteiger partial charge in [0.2, 0.25) is 5.91 Å². The molecule has 27 heavy (non-hydrogen) atoms. The molecule has 0 radical (unpaired) electrons. The lowest BCUT2D eigenvalue weighted by molar-refractivity contribution is -0.119. The van der Waals surface area contributed by atoms with Crippen LogP contribution < -0.4 is 10.5 Å². The van der Waals surface area contributed by atoms with Crippen LogP contribution in [0.2, 0.25) is 0 Å². The highest BCUT2D eigenvalue weighted by atomic mass is 32.2. The van der Waals surface area contributed by atoms with Crippen molar-refractivity contribution in [3.63, 3.8) is 0 Å². The molecule has 1 amide bonds. The van der Waals surface area contributed by atoms with E-state index in [1.807, 2.05) is 6.07 Å². The van der Waals surface area contributed by atoms with Gasteiger partial charge in [0.05, 0.1) is 10.9 Å². The number of thioether (sulfide) groups is 1. The minimum absolute atomic E-state index is 0.0191. The van der Waals surface area contributed by atoms with Crippen molar-refractivity contribution in [3.8, 4) is 0 Å².